The van der Waals surface area contributed by atoms with Gasteiger partial charge in [0.1, 0.15) is 0 Å². The smallest absolute Gasteiger partial charge is 0.297 e. The number of anilines is 2. The molecule has 3 rings (SSSR count). The van der Waals surface area contributed by atoms with Gasteiger partial charge in [0.25, 0.3) is 6.43 Å². The number of hydrogen-bond donors (Lipinski definition) is 3. The second-order valence-electron chi connectivity index (χ2n) is 9.15. The Morgan fingerprint density at radius 2 is 1.97 bits per heavy atom. The minimum absolute atomic E-state index is 0.121. The molecule has 0 unspecified atom stereocenters. The zero-order chi connectivity index (χ0) is 24.8. The Morgan fingerprint density at radius 3 is 2.56 bits per heavy atom. The van der Waals surface area contributed by atoms with Gasteiger partial charge in [0.05, 0.1) is 12.5 Å². The fourth-order valence-electron chi connectivity index (χ4n) is 4.60. The van der Waals surface area contributed by atoms with Crippen LogP contribution in [0, 0.1) is 17.7 Å². The van der Waals surface area contributed by atoms with Crippen LogP contribution in [0.4, 0.5) is 24.8 Å². The van der Waals surface area contributed by atoms with Gasteiger partial charge < -0.3 is 9.80 Å². The number of nitrogens with zero attached hydrogens (tertiary/aromatic N) is 5. The Kier molecular flexibility index (Phi) is 8.89. The molecule has 10 nitrogen and oxygen atoms in total. The van der Waals surface area contributed by atoms with Crippen molar-refractivity contribution in [2.45, 2.75) is 51.0 Å². The van der Waals surface area contributed by atoms with Gasteiger partial charge >= 0.3 is 0 Å². The molecule has 2 aliphatic rings. The molecule has 0 bridgehead atoms. The topological polar surface area (TPSA) is 114 Å². The van der Waals surface area contributed by atoms with Crippen LogP contribution in [0.2, 0.25) is 0 Å². The average molecular weight is 488 g/mol. The lowest BCUT2D eigenvalue weighted by atomic mass is 9.92. The van der Waals surface area contributed by atoms with E-state index >= 15 is 4.39 Å². The van der Waals surface area contributed by atoms with E-state index in [0.29, 0.717) is 24.6 Å². The van der Waals surface area contributed by atoms with Crippen molar-refractivity contribution in [2.24, 2.45) is 11.8 Å². The number of amides is 2. The zero-order valence-electron chi connectivity index (χ0n) is 19.4. The molecule has 0 spiro atoms. The van der Waals surface area contributed by atoms with E-state index in [4.69, 9.17) is 0 Å². The Morgan fingerprint density at radius 1 is 1.26 bits per heavy atom. The number of rotatable bonds is 11. The van der Waals surface area contributed by atoms with E-state index in [1.165, 1.54) is 0 Å². The third kappa shape index (κ3) is 6.47. The van der Waals surface area contributed by atoms with Crippen LogP contribution in [-0.4, -0.2) is 77.2 Å². The van der Waals surface area contributed by atoms with Gasteiger partial charge in [-0.05, 0) is 32.9 Å². The van der Waals surface area contributed by atoms with Gasteiger partial charge in [-0.15, -0.1) is 0 Å². The molecule has 34 heavy (non-hydrogen) atoms. The van der Waals surface area contributed by atoms with Crippen LogP contribution >= 0.6 is 0 Å². The number of carbonyl (C=O) groups excluding carboxylic acids is 2. The van der Waals surface area contributed by atoms with Crippen LogP contribution in [0.1, 0.15) is 50.8 Å². The van der Waals surface area contributed by atoms with E-state index in [2.05, 4.69) is 20.8 Å². The molecule has 1 aliphatic heterocycles. The largest absolute Gasteiger partial charge is 0.352 e. The number of carbonyl (C=O) groups is 2. The molecule has 1 saturated carbocycles. The number of nitrogens with one attached hydrogen (secondary N) is 2. The highest BCUT2D eigenvalue weighted by atomic mass is 19.3. The summed E-state index contributed by atoms with van der Waals surface area (Å²) in [5.74, 6) is -3.75. The number of hydroxylamine groups is 2. The molecule has 2 amide bonds. The Balaban J connectivity index is 1.75. The molecule has 1 aliphatic carbocycles. The summed E-state index contributed by atoms with van der Waals surface area (Å²) in [6, 6.07) is 0.121. The third-order valence-electron chi connectivity index (χ3n) is 6.54. The second kappa shape index (κ2) is 11.6. The maximum atomic E-state index is 15.2. The van der Waals surface area contributed by atoms with Crippen molar-refractivity contribution in [1.29, 1.82) is 0 Å². The lowest BCUT2D eigenvalue weighted by Crippen LogP contribution is -2.41. The predicted octanol–water partition coefficient (Wildman–Crippen LogP) is 2.18. The third-order valence-corrected chi connectivity index (χ3v) is 6.54. The summed E-state index contributed by atoms with van der Waals surface area (Å²) in [6.45, 7) is 0.608. The number of hydrogen-bond acceptors (Lipinski definition) is 8. The Labute approximate surface area is 196 Å². The minimum Gasteiger partial charge on any atom is -0.352 e. The number of halogens is 3. The first-order valence-electron chi connectivity index (χ1n) is 11.4. The summed E-state index contributed by atoms with van der Waals surface area (Å²) in [5.41, 5.74) is 4.63. The molecule has 2 fully saturated rings. The summed E-state index contributed by atoms with van der Waals surface area (Å²) >= 11 is 0. The highest BCUT2D eigenvalue weighted by molar-refractivity contribution is 5.80. The van der Waals surface area contributed by atoms with Gasteiger partial charge in [-0.1, -0.05) is 25.7 Å². The van der Waals surface area contributed by atoms with Crippen molar-refractivity contribution in [3.05, 3.63) is 11.6 Å². The van der Waals surface area contributed by atoms with Gasteiger partial charge in [-0.2, -0.15) is 4.39 Å². The molecule has 0 aromatic carbocycles. The first-order valence-corrected chi connectivity index (χ1v) is 11.4. The molecule has 3 N–H and O–H groups in total. The van der Waals surface area contributed by atoms with Crippen LogP contribution in [-0.2, 0) is 9.59 Å². The van der Waals surface area contributed by atoms with Crippen LogP contribution < -0.4 is 15.8 Å². The first-order chi connectivity index (χ1) is 16.2. The van der Waals surface area contributed by atoms with Gasteiger partial charge in [-0.25, -0.2) is 23.8 Å². The summed E-state index contributed by atoms with van der Waals surface area (Å²) in [6.07, 6.45) is 2.28. The van der Waals surface area contributed by atoms with Crippen LogP contribution in [0.15, 0.2) is 0 Å². The van der Waals surface area contributed by atoms with Crippen LogP contribution in [0.5, 0.6) is 0 Å². The van der Waals surface area contributed by atoms with E-state index in [1.807, 2.05) is 19.0 Å². The number of hydrazine groups is 1. The van der Waals surface area contributed by atoms with Gasteiger partial charge in [0.2, 0.25) is 18.1 Å². The van der Waals surface area contributed by atoms with Gasteiger partial charge in [-0.3, -0.25) is 25.6 Å². The van der Waals surface area contributed by atoms with Crippen molar-refractivity contribution < 1.29 is 28.0 Å². The summed E-state index contributed by atoms with van der Waals surface area (Å²) < 4.78 is 42.1. The van der Waals surface area contributed by atoms with Crippen molar-refractivity contribution in [1.82, 2.24) is 25.4 Å². The van der Waals surface area contributed by atoms with Crippen molar-refractivity contribution in [3.8, 4) is 0 Å². The summed E-state index contributed by atoms with van der Waals surface area (Å²) in [4.78, 5) is 34.5. The van der Waals surface area contributed by atoms with Crippen LogP contribution in [0.3, 0.4) is 0 Å². The van der Waals surface area contributed by atoms with Gasteiger partial charge in [0, 0.05) is 19.1 Å². The highest BCUT2D eigenvalue weighted by Crippen LogP contribution is 2.31. The molecule has 1 saturated heterocycles. The Bertz CT molecular complexity index is 855. The quantitative estimate of drug-likeness (QED) is 0.247. The van der Waals surface area contributed by atoms with E-state index < -0.39 is 35.7 Å². The predicted molar refractivity (Wildman–Crippen MR) is 118 cm³/mol. The molecule has 1 aromatic rings. The summed E-state index contributed by atoms with van der Waals surface area (Å²) in [5, 5.41) is 9.97. The fraction of sp³-hybridized carbons (Fsp3) is 0.714. The molecule has 0 radical (unpaired) electrons. The molecule has 2 heterocycles. The van der Waals surface area contributed by atoms with E-state index in [-0.39, 0.29) is 30.7 Å². The standard InChI is InChI=1S/C21H32F3N7O3/c1-29(2)15-7-8-30(11-15)20-16(22)18(25-19(26-20)17(23)24)27-28-21(33)14(10-31(34)12-32)9-13-5-3-4-6-13/h12-15,17,34H,3-11H2,1-2H3,(H,28,33)(H,25,26,27)/t14-,15-/m1/s1. The zero-order valence-corrected chi connectivity index (χ0v) is 19.4. The van der Waals surface area contributed by atoms with E-state index in [0.717, 1.165) is 32.1 Å². The molecule has 190 valence electrons. The summed E-state index contributed by atoms with van der Waals surface area (Å²) in [7, 11) is 3.77. The van der Waals surface area contributed by atoms with E-state index in [9.17, 15) is 23.6 Å². The molecular formula is C21H32F3N7O3. The maximum Gasteiger partial charge on any atom is 0.297 e. The first kappa shape index (κ1) is 25.9. The fourth-order valence-corrected chi connectivity index (χ4v) is 4.60. The normalized spacial score (nSPS) is 19.6. The number of aromatic nitrogens is 2. The second-order valence-corrected chi connectivity index (χ2v) is 9.15. The van der Waals surface area contributed by atoms with E-state index in [1.54, 1.807) is 4.90 Å². The number of likely N-dealkylation sites (N-methyl/N-ethyl adjacent to an activating group) is 1. The van der Waals surface area contributed by atoms with Crippen molar-refractivity contribution in [2.75, 3.05) is 44.1 Å². The molecule has 13 heteroatoms. The molecule has 1 aromatic heterocycles. The minimum atomic E-state index is -3.03. The lowest BCUT2D eigenvalue weighted by Gasteiger charge is -2.24. The number of alkyl halides is 2. The van der Waals surface area contributed by atoms with Crippen molar-refractivity contribution in [3.63, 3.8) is 0 Å². The molecule has 2 atom stereocenters. The lowest BCUT2D eigenvalue weighted by molar-refractivity contribution is -0.154. The van der Waals surface area contributed by atoms with Gasteiger partial charge in [0.15, 0.2) is 17.5 Å². The van der Waals surface area contributed by atoms with Crippen molar-refractivity contribution >= 4 is 24.0 Å². The monoisotopic (exact) mass is 487 g/mol. The van der Waals surface area contributed by atoms with Crippen LogP contribution in [0.25, 0.3) is 0 Å². The highest BCUT2D eigenvalue weighted by Gasteiger charge is 2.31. The maximum absolute atomic E-state index is 15.2. The molecular weight excluding hydrogens is 455 g/mol. The Hall–Kier alpha value is -2.67. The SMILES string of the molecule is CN(C)[C@@H]1CCN(c2nc(C(F)F)nc(NNC(=O)[C@H](CC3CCCC3)CN(O)C=O)c2F)C1. The average Bonchev–Trinajstić information content (AvgIpc) is 3.49.